The van der Waals surface area contributed by atoms with Gasteiger partial charge in [-0.05, 0) is 32.3 Å². The van der Waals surface area contributed by atoms with Crippen molar-refractivity contribution in [1.29, 1.82) is 0 Å². The van der Waals surface area contributed by atoms with E-state index in [1.807, 2.05) is 0 Å². The number of aliphatic hydroxyl groups is 1. The van der Waals surface area contributed by atoms with E-state index in [0.29, 0.717) is 6.42 Å². The van der Waals surface area contributed by atoms with E-state index in [1.165, 1.54) is 19.1 Å². The molecule has 2 fully saturated rings. The zero-order valence-electron chi connectivity index (χ0n) is 24.5. The Morgan fingerprint density at radius 1 is 0.800 bits per heavy atom. The van der Waals surface area contributed by atoms with Crippen LogP contribution in [0, 0.1) is 0 Å². The Morgan fingerprint density at radius 2 is 1.40 bits per heavy atom. The molecule has 7 atom stereocenters. The van der Waals surface area contributed by atoms with Crippen LogP contribution < -0.4 is 26.6 Å². The van der Waals surface area contributed by atoms with Crippen LogP contribution in [-0.2, 0) is 38.4 Å². The van der Waals surface area contributed by atoms with Gasteiger partial charge in [-0.15, -0.1) is 0 Å². The second kappa shape index (κ2) is 15.1. The fourth-order valence-electron chi connectivity index (χ4n) is 5.03. The lowest BCUT2D eigenvalue weighted by atomic mass is 10.0. The summed E-state index contributed by atoms with van der Waals surface area (Å²) < 4.78 is 0. The van der Waals surface area contributed by atoms with Crippen molar-refractivity contribution in [2.24, 2.45) is 0 Å². The first-order chi connectivity index (χ1) is 21.2. The highest BCUT2D eigenvalue weighted by Crippen LogP contribution is 2.20. The lowest BCUT2D eigenvalue weighted by Crippen LogP contribution is -2.62. The van der Waals surface area contributed by atoms with E-state index in [9.17, 15) is 53.7 Å². The smallest absolute Gasteiger partial charge is 0.305 e. The van der Waals surface area contributed by atoms with Crippen molar-refractivity contribution in [1.82, 2.24) is 31.5 Å². The maximum absolute atomic E-state index is 13.5. The Balaban J connectivity index is 2.06. The van der Waals surface area contributed by atoms with Crippen LogP contribution in [0.25, 0.3) is 0 Å². The number of aliphatic hydroxyl groups excluding tert-OH is 1. The van der Waals surface area contributed by atoms with Gasteiger partial charge in [-0.2, -0.15) is 0 Å². The number of carboxylic acids is 2. The van der Waals surface area contributed by atoms with E-state index < -0.39 is 103 Å². The molecule has 244 valence electrons. The molecule has 0 spiro atoms. The number of carbonyl (C=O) groups is 8. The third kappa shape index (κ3) is 8.98. The topological polar surface area (TPSA) is 261 Å². The fraction of sp³-hybridized carbons (Fsp3) is 0.500. The van der Waals surface area contributed by atoms with E-state index in [1.54, 1.807) is 18.2 Å². The molecule has 2 saturated heterocycles. The van der Waals surface area contributed by atoms with Crippen molar-refractivity contribution < 1.29 is 53.7 Å². The molecule has 8 N–H and O–H groups in total. The van der Waals surface area contributed by atoms with Crippen molar-refractivity contribution in [2.75, 3.05) is 6.54 Å². The number of benzene rings is 1. The number of amides is 6. The molecule has 1 aromatic rings. The van der Waals surface area contributed by atoms with Gasteiger partial charge in [0.2, 0.25) is 35.4 Å². The molecule has 2 aliphatic rings. The molecule has 17 nitrogen and oxygen atoms in total. The Kier molecular flexibility index (Phi) is 11.5. The summed E-state index contributed by atoms with van der Waals surface area (Å²) in [5.41, 5.74) is 0.254. The quantitative estimate of drug-likeness (QED) is 0.158. The van der Waals surface area contributed by atoms with E-state index >= 15 is 0 Å². The van der Waals surface area contributed by atoms with Crippen molar-refractivity contribution in [3.8, 4) is 0 Å². The number of nitrogens with zero attached hydrogens (tertiary/aromatic N) is 1. The van der Waals surface area contributed by atoms with Gasteiger partial charge >= 0.3 is 11.9 Å². The summed E-state index contributed by atoms with van der Waals surface area (Å²) in [5, 5.41) is 40.8. The van der Waals surface area contributed by atoms with E-state index in [2.05, 4.69) is 26.6 Å². The van der Waals surface area contributed by atoms with Gasteiger partial charge in [0.1, 0.15) is 36.3 Å². The Labute approximate surface area is 257 Å². The minimum atomic E-state index is -1.82. The van der Waals surface area contributed by atoms with Crippen LogP contribution in [-0.4, -0.2) is 110 Å². The first kappa shape index (κ1) is 34.4. The molecule has 0 aromatic heterocycles. The minimum absolute atomic E-state index is 0.0349. The molecular formula is C28H36N6O11. The van der Waals surface area contributed by atoms with Crippen LogP contribution >= 0.6 is 0 Å². The zero-order valence-corrected chi connectivity index (χ0v) is 24.5. The predicted molar refractivity (Wildman–Crippen MR) is 152 cm³/mol. The van der Waals surface area contributed by atoms with Gasteiger partial charge in [0.05, 0.1) is 18.9 Å². The second-order valence-corrected chi connectivity index (χ2v) is 10.8. The van der Waals surface area contributed by atoms with Crippen LogP contribution in [0.4, 0.5) is 0 Å². The number of rotatable bonds is 6. The average Bonchev–Trinajstić information content (AvgIpc) is 3.46. The molecule has 2 heterocycles. The molecule has 0 radical (unpaired) electrons. The normalized spacial score (nSPS) is 27.8. The second-order valence-electron chi connectivity index (χ2n) is 10.8. The lowest BCUT2D eigenvalue weighted by Gasteiger charge is -2.31. The third-order valence-corrected chi connectivity index (χ3v) is 7.34. The highest BCUT2D eigenvalue weighted by Gasteiger charge is 2.41. The highest BCUT2D eigenvalue weighted by molar-refractivity contribution is 6.00. The predicted octanol–water partition coefficient (Wildman–Crippen LogP) is -2.86. The summed E-state index contributed by atoms with van der Waals surface area (Å²) in [7, 11) is 0. The lowest BCUT2D eigenvalue weighted by molar-refractivity contribution is -0.146. The van der Waals surface area contributed by atoms with Gasteiger partial charge in [0, 0.05) is 6.54 Å². The van der Waals surface area contributed by atoms with Crippen molar-refractivity contribution >= 4 is 47.4 Å². The van der Waals surface area contributed by atoms with Gasteiger partial charge < -0.3 is 46.8 Å². The largest absolute Gasteiger partial charge is 0.481 e. The van der Waals surface area contributed by atoms with Crippen molar-refractivity contribution in [3.63, 3.8) is 0 Å². The summed E-state index contributed by atoms with van der Waals surface area (Å²) in [5.74, 6) is -8.85. The van der Waals surface area contributed by atoms with Crippen LogP contribution in [0.5, 0.6) is 0 Å². The molecular weight excluding hydrogens is 596 g/mol. The number of hydrogen-bond donors (Lipinski definition) is 8. The molecule has 2 aliphatic heterocycles. The standard InChI is InChI=1S/C28H36N6O11/c1-13-23(40)33-22(15-7-4-3-5-8-15)27(44)30-16(11-19(36)37)24(41)32-21(14(2)35)26(43)31-17(12-20(38)39)28(45)34-10-6-9-18(34)25(42)29-13/h3-5,7-8,13-14,16-18,21-22,35H,6,9-12H2,1-2H3,(H,29,42)(H,30,44)(H,31,43)(H,32,41)(H,33,40)(H,36,37)(H,38,39)/t13-,14-,16-,17-,18-,21+,22+/m1/s1. The number of carboxylic acid groups (broad SMARTS) is 2. The summed E-state index contributed by atoms with van der Waals surface area (Å²) in [6.45, 7) is 2.47. The molecule has 3 rings (SSSR count). The van der Waals surface area contributed by atoms with Crippen molar-refractivity contribution in [3.05, 3.63) is 35.9 Å². The van der Waals surface area contributed by atoms with E-state index in [0.717, 1.165) is 11.8 Å². The van der Waals surface area contributed by atoms with Crippen LogP contribution in [0.1, 0.15) is 51.1 Å². The Morgan fingerprint density at radius 3 is 2.00 bits per heavy atom. The number of hydrogen-bond acceptors (Lipinski definition) is 9. The molecule has 0 aliphatic carbocycles. The summed E-state index contributed by atoms with van der Waals surface area (Å²) in [6.07, 6.45) is -2.99. The SMILES string of the molecule is C[C@H]1NC(=O)[C@H]2CCCN2C(=O)[C@@H](CC(=O)O)NC(=O)[C@H]([C@@H](C)O)NC(=O)[C@@H](CC(=O)O)NC(=O)[C@H](c2ccccc2)NC1=O. The summed E-state index contributed by atoms with van der Waals surface area (Å²) in [6, 6.07) is -1.40. The first-order valence-corrected chi connectivity index (χ1v) is 14.2. The Bertz CT molecular complexity index is 1340. The zero-order chi connectivity index (χ0) is 33.4. The van der Waals surface area contributed by atoms with Gasteiger partial charge in [-0.1, -0.05) is 30.3 Å². The van der Waals surface area contributed by atoms with Gasteiger partial charge in [-0.25, -0.2) is 0 Å². The fourth-order valence-corrected chi connectivity index (χ4v) is 5.03. The maximum atomic E-state index is 13.5. The monoisotopic (exact) mass is 632 g/mol. The summed E-state index contributed by atoms with van der Waals surface area (Å²) >= 11 is 0. The molecule has 0 unspecified atom stereocenters. The molecule has 6 amide bonds. The third-order valence-electron chi connectivity index (χ3n) is 7.34. The Hall–Kier alpha value is -5.06. The minimum Gasteiger partial charge on any atom is -0.481 e. The number of fused-ring (bicyclic) bond motifs is 1. The highest BCUT2D eigenvalue weighted by atomic mass is 16.4. The molecule has 1 aromatic carbocycles. The summed E-state index contributed by atoms with van der Waals surface area (Å²) in [4.78, 5) is 104. The molecule has 45 heavy (non-hydrogen) atoms. The van der Waals surface area contributed by atoms with Crippen molar-refractivity contribution in [2.45, 2.75) is 81.9 Å². The number of carbonyl (C=O) groups excluding carboxylic acids is 6. The number of aliphatic carboxylic acids is 2. The number of nitrogens with one attached hydrogen (secondary N) is 5. The van der Waals surface area contributed by atoms with E-state index in [-0.39, 0.29) is 18.5 Å². The van der Waals surface area contributed by atoms with Crippen LogP contribution in [0.2, 0.25) is 0 Å². The molecule has 0 saturated carbocycles. The van der Waals surface area contributed by atoms with E-state index in [4.69, 9.17) is 0 Å². The first-order valence-electron chi connectivity index (χ1n) is 14.2. The molecule has 0 bridgehead atoms. The van der Waals surface area contributed by atoms with Crippen LogP contribution in [0.15, 0.2) is 30.3 Å². The van der Waals surface area contributed by atoms with Gasteiger partial charge in [0.25, 0.3) is 0 Å². The van der Waals surface area contributed by atoms with Crippen LogP contribution in [0.3, 0.4) is 0 Å². The maximum Gasteiger partial charge on any atom is 0.305 e. The average molecular weight is 633 g/mol. The van der Waals surface area contributed by atoms with Gasteiger partial charge in [0.15, 0.2) is 0 Å². The van der Waals surface area contributed by atoms with Gasteiger partial charge in [-0.3, -0.25) is 38.4 Å². The molecule has 17 heteroatoms.